The van der Waals surface area contributed by atoms with Crippen molar-refractivity contribution in [2.75, 3.05) is 6.54 Å². The van der Waals surface area contributed by atoms with Crippen molar-refractivity contribution in [1.82, 2.24) is 10.2 Å². The Morgan fingerprint density at radius 3 is 2.71 bits per heavy atom. The van der Waals surface area contributed by atoms with Crippen LogP contribution in [0.3, 0.4) is 0 Å². The Bertz CT molecular complexity index is 313. The van der Waals surface area contributed by atoms with Gasteiger partial charge in [-0.1, -0.05) is 19.8 Å². The molecule has 0 aromatic heterocycles. The van der Waals surface area contributed by atoms with Crippen molar-refractivity contribution in [3.8, 4) is 0 Å². The van der Waals surface area contributed by atoms with E-state index in [4.69, 9.17) is 0 Å². The van der Waals surface area contributed by atoms with Crippen LogP contribution in [0, 0.1) is 5.92 Å². The monoisotopic (exact) mass is 238 g/mol. The quantitative estimate of drug-likeness (QED) is 0.710. The van der Waals surface area contributed by atoms with E-state index in [0.717, 1.165) is 25.3 Å². The molecule has 0 radical (unpaired) electrons. The Morgan fingerprint density at radius 1 is 1.41 bits per heavy atom. The molecular weight excluding hydrogens is 216 g/mol. The Morgan fingerprint density at radius 2 is 2.12 bits per heavy atom. The van der Waals surface area contributed by atoms with Gasteiger partial charge in [-0.2, -0.15) is 0 Å². The van der Waals surface area contributed by atoms with Crippen molar-refractivity contribution in [2.24, 2.45) is 5.92 Å². The number of carbonyl (C=O) groups excluding carboxylic acids is 2. The Hall–Kier alpha value is -0.900. The molecule has 0 aromatic rings. The van der Waals surface area contributed by atoms with Crippen LogP contribution in [0.2, 0.25) is 0 Å². The van der Waals surface area contributed by atoms with E-state index in [0.29, 0.717) is 6.42 Å². The number of amides is 2. The van der Waals surface area contributed by atoms with Gasteiger partial charge in [-0.25, -0.2) is 0 Å². The number of hydrogen-bond donors (Lipinski definition) is 1. The van der Waals surface area contributed by atoms with Crippen molar-refractivity contribution in [3.05, 3.63) is 0 Å². The van der Waals surface area contributed by atoms with E-state index in [1.54, 1.807) is 0 Å². The van der Waals surface area contributed by atoms with Crippen LogP contribution in [0.25, 0.3) is 0 Å². The fourth-order valence-corrected chi connectivity index (χ4v) is 2.32. The topological polar surface area (TPSA) is 49.4 Å². The summed E-state index contributed by atoms with van der Waals surface area (Å²) in [7, 11) is 0. The standard InChI is InChI=1S/C13H22N2O2/c1-3-9(2)15-12(16)8-11(13(15)17)14-7-6-10-4-5-10/h9-11,14H,3-8H2,1-2H3. The summed E-state index contributed by atoms with van der Waals surface area (Å²) < 4.78 is 0. The minimum absolute atomic E-state index is 0.0201. The number of likely N-dealkylation sites (tertiary alicyclic amines) is 1. The van der Waals surface area contributed by atoms with Gasteiger partial charge in [0.25, 0.3) is 0 Å². The summed E-state index contributed by atoms with van der Waals surface area (Å²) in [6.45, 7) is 4.80. The van der Waals surface area contributed by atoms with Crippen molar-refractivity contribution in [2.45, 2.75) is 58.0 Å². The van der Waals surface area contributed by atoms with Crippen LogP contribution >= 0.6 is 0 Å². The molecule has 1 saturated carbocycles. The third-order valence-corrected chi connectivity index (χ3v) is 3.85. The fraction of sp³-hybridized carbons (Fsp3) is 0.846. The lowest BCUT2D eigenvalue weighted by Gasteiger charge is -2.21. The van der Waals surface area contributed by atoms with Gasteiger partial charge in [-0.05, 0) is 32.2 Å². The molecule has 1 heterocycles. The molecule has 17 heavy (non-hydrogen) atoms. The Kier molecular flexibility index (Phi) is 3.82. The maximum absolute atomic E-state index is 12.1. The van der Waals surface area contributed by atoms with Gasteiger partial charge in [0, 0.05) is 6.04 Å². The zero-order valence-corrected chi connectivity index (χ0v) is 10.7. The third-order valence-electron chi connectivity index (χ3n) is 3.85. The van der Waals surface area contributed by atoms with Gasteiger partial charge in [0.15, 0.2) is 0 Å². The molecule has 1 aliphatic carbocycles. The lowest BCUT2D eigenvalue weighted by molar-refractivity contribution is -0.141. The van der Waals surface area contributed by atoms with Crippen molar-refractivity contribution >= 4 is 11.8 Å². The summed E-state index contributed by atoms with van der Waals surface area (Å²) in [5.41, 5.74) is 0. The number of hydrogen-bond acceptors (Lipinski definition) is 3. The van der Waals surface area contributed by atoms with E-state index in [1.165, 1.54) is 17.7 Å². The highest BCUT2D eigenvalue weighted by atomic mass is 16.2. The minimum atomic E-state index is -0.268. The van der Waals surface area contributed by atoms with E-state index in [-0.39, 0.29) is 23.9 Å². The van der Waals surface area contributed by atoms with E-state index in [9.17, 15) is 9.59 Å². The van der Waals surface area contributed by atoms with Crippen LogP contribution < -0.4 is 5.32 Å². The zero-order valence-electron chi connectivity index (χ0n) is 10.7. The van der Waals surface area contributed by atoms with E-state index in [2.05, 4.69) is 5.32 Å². The number of nitrogens with zero attached hydrogens (tertiary/aromatic N) is 1. The summed E-state index contributed by atoms with van der Waals surface area (Å²) in [4.78, 5) is 25.3. The molecule has 96 valence electrons. The van der Waals surface area contributed by atoms with Gasteiger partial charge in [0.05, 0.1) is 12.5 Å². The summed E-state index contributed by atoms with van der Waals surface area (Å²) in [6, 6.07) is -0.236. The largest absolute Gasteiger partial charge is 0.305 e. The molecule has 2 fully saturated rings. The summed E-state index contributed by atoms with van der Waals surface area (Å²) in [5.74, 6) is 0.814. The van der Waals surface area contributed by atoms with Crippen LogP contribution in [-0.4, -0.2) is 35.3 Å². The molecule has 1 aliphatic heterocycles. The molecule has 2 unspecified atom stereocenters. The maximum Gasteiger partial charge on any atom is 0.247 e. The third kappa shape index (κ3) is 2.86. The average Bonchev–Trinajstić information content (AvgIpc) is 3.07. The number of nitrogens with one attached hydrogen (secondary N) is 1. The first-order valence-electron chi connectivity index (χ1n) is 6.72. The van der Waals surface area contributed by atoms with Crippen molar-refractivity contribution in [1.29, 1.82) is 0 Å². The number of rotatable bonds is 6. The first kappa shape index (κ1) is 12.6. The molecule has 4 nitrogen and oxygen atoms in total. The molecule has 0 aromatic carbocycles. The van der Waals surface area contributed by atoms with Crippen LogP contribution in [0.1, 0.15) is 46.0 Å². The Labute approximate surface area is 103 Å². The van der Waals surface area contributed by atoms with Crippen molar-refractivity contribution < 1.29 is 9.59 Å². The first-order valence-corrected chi connectivity index (χ1v) is 6.72. The average molecular weight is 238 g/mol. The van der Waals surface area contributed by atoms with Gasteiger partial charge < -0.3 is 5.32 Å². The molecule has 1 saturated heterocycles. The molecule has 1 N–H and O–H groups in total. The zero-order chi connectivity index (χ0) is 12.4. The molecule has 2 rings (SSSR count). The SMILES string of the molecule is CCC(C)N1C(=O)CC(NCCC2CC2)C1=O. The van der Waals surface area contributed by atoms with Crippen LogP contribution in [0.4, 0.5) is 0 Å². The smallest absolute Gasteiger partial charge is 0.247 e. The second kappa shape index (κ2) is 5.17. The van der Waals surface area contributed by atoms with Crippen LogP contribution in [0.15, 0.2) is 0 Å². The molecular formula is C13H22N2O2. The summed E-state index contributed by atoms with van der Waals surface area (Å²) >= 11 is 0. The van der Waals surface area contributed by atoms with E-state index >= 15 is 0 Å². The minimum Gasteiger partial charge on any atom is -0.305 e. The normalized spacial score (nSPS) is 26.7. The molecule has 0 bridgehead atoms. The van der Waals surface area contributed by atoms with Gasteiger partial charge in [-0.15, -0.1) is 0 Å². The van der Waals surface area contributed by atoms with Gasteiger partial charge in [0.1, 0.15) is 0 Å². The molecule has 0 spiro atoms. The lowest BCUT2D eigenvalue weighted by atomic mass is 10.2. The number of carbonyl (C=O) groups is 2. The highest BCUT2D eigenvalue weighted by Crippen LogP contribution is 2.31. The van der Waals surface area contributed by atoms with Gasteiger partial charge in [-0.3, -0.25) is 14.5 Å². The first-order chi connectivity index (χ1) is 8.13. The fourth-order valence-electron chi connectivity index (χ4n) is 2.32. The van der Waals surface area contributed by atoms with Gasteiger partial charge in [0.2, 0.25) is 11.8 Å². The van der Waals surface area contributed by atoms with E-state index in [1.807, 2.05) is 13.8 Å². The maximum atomic E-state index is 12.1. The highest BCUT2D eigenvalue weighted by Gasteiger charge is 2.40. The predicted molar refractivity (Wildman–Crippen MR) is 65.4 cm³/mol. The summed E-state index contributed by atoms with van der Waals surface area (Å²) in [6.07, 6.45) is 4.97. The molecule has 2 amide bonds. The Balaban J connectivity index is 1.83. The molecule has 2 aliphatic rings. The van der Waals surface area contributed by atoms with Crippen LogP contribution in [-0.2, 0) is 9.59 Å². The lowest BCUT2D eigenvalue weighted by Crippen LogP contribution is -2.42. The van der Waals surface area contributed by atoms with Gasteiger partial charge >= 0.3 is 0 Å². The molecule has 2 atom stereocenters. The highest BCUT2D eigenvalue weighted by molar-refractivity contribution is 6.05. The van der Waals surface area contributed by atoms with Crippen molar-refractivity contribution in [3.63, 3.8) is 0 Å². The summed E-state index contributed by atoms with van der Waals surface area (Å²) in [5, 5.41) is 3.23. The van der Waals surface area contributed by atoms with Crippen LogP contribution in [0.5, 0.6) is 0 Å². The number of imide groups is 1. The van der Waals surface area contributed by atoms with E-state index < -0.39 is 0 Å². The molecule has 4 heteroatoms. The predicted octanol–water partition coefficient (Wildman–Crippen LogP) is 1.30. The second-order valence-electron chi connectivity index (χ2n) is 5.30. The second-order valence-corrected chi connectivity index (χ2v) is 5.30.